The maximum atomic E-state index is 5.51. The number of ether oxygens (including phenoxy) is 3. The predicted octanol–water partition coefficient (Wildman–Crippen LogP) is 1.58. The number of nitrogens with two attached hydrogens (primary N) is 1. The maximum absolute atomic E-state index is 5.51. The fourth-order valence-corrected chi connectivity index (χ4v) is 1.30. The highest BCUT2D eigenvalue weighted by Crippen LogP contribution is 2.11. The van der Waals surface area contributed by atoms with Gasteiger partial charge in [-0.25, -0.2) is 0 Å². The molecule has 0 radical (unpaired) electrons. The Bertz CT molecular complexity index is 287. The molecule has 0 aromatic heterocycles. The van der Waals surface area contributed by atoms with Crippen molar-refractivity contribution in [2.75, 3.05) is 33.0 Å². The van der Waals surface area contributed by atoms with Crippen molar-refractivity contribution in [2.45, 2.75) is 13.5 Å². The molecule has 4 heteroatoms. The summed E-state index contributed by atoms with van der Waals surface area (Å²) >= 11 is 0. The molecule has 0 aliphatic rings. The van der Waals surface area contributed by atoms with Crippen LogP contribution >= 0.6 is 0 Å². The van der Waals surface area contributed by atoms with Crippen LogP contribution < -0.4 is 10.5 Å². The van der Waals surface area contributed by atoms with Gasteiger partial charge in [-0.05, 0) is 24.6 Å². The Kier molecular flexibility index (Phi) is 7.38. The number of hydrogen-bond donors (Lipinski definition) is 1. The molecule has 0 unspecified atom stereocenters. The van der Waals surface area contributed by atoms with Crippen molar-refractivity contribution in [3.05, 3.63) is 29.8 Å². The summed E-state index contributed by atoms with van der Waals surface area (Å²) in [7, 11) is 0. The standard InChI is InChI=1S/C13H21NO3/c1-2-15-7-8-16-9-10-17-13-5-3-12(11-14)4-6-13/h3-6H,2,7-11,14H2,1H3. The monoisotopic (exact) mass is 239 g/mol. The predicted molar refractivity (Wildman–Crippen MR) is 67.1 cm³/mol. The SMILES string of the molecule is CCOCCOCCOc1ccc(CN)cc1. The minimum absolute atomic E-state index is 0.550. The van der Waals surface area contributed by atoms with Gasteiger partial charge in [0.25, 0.3) is 0 Å². The Labute approximate surface area is 103 Å². The van der Waals surface area contributed by atoms with E-state index in [-0.39, 0.29) is 0 Å². The van der Waals surface area contributed by atoms with Crippen molar-refractivity contribution in [2.24, 2.45) is 5.73 Å². The molecular weight excluding hydrogens is 218 g/mol. The lowest BCUT2D eigenvalue weighted by molar-refractivity contribution is 0.0405. The van der Waals surface area contributed by atoms with E-state index in [2.05, 4.69) is 0 Å². The van der Waals surface area contributed by atoms with E-state index in [1.807, 2.05) is 31.2 Å². The minimum atomic E-state index is 0.550. The quantitative estimate of drug-likeness (QED) is 0.665. The van der Waals surface area contributed by atoms with Crippen molar-refractivity contribution in [1.29, 1.82) is 0 Å². The topological polar surface area (TPSA) is 53.7 Å². The van der Waals surface area contributed by atoms with Gasteiger partial charge in [0.05, 0.1) is 19.8 Å². The molecule has 0 saturated carbocycles. The van der Waals surface area contributed by atoms with Gasteiger partial charge in [-0.1, -0.05) is 12.1 Å². The first-order valence-electron chi connectivity index (χ1n) is 5.94. The molecular formula is C13H21NO3. The van der Waals surface area contributed by atoms with Gasteiger partial charge in [-0.15, -0.1) is 0 Å². The van der Waals surface area contributed by atoms with Gasteiger partial charge < -0.3 is 19.9 Å². The van der Waals surface area contributed by atoms with E-state index >= 15 is 0 Å². The third-order valence-electron chi connectivity index (χ3n) is 2.23. The lowest BCUT2D eigenvalue weighted by atomic mass is 10.2. The third-order valence-corrected chi connectivity index (χ3v) is 2.23. The van der Waals surface area contributed by atoms with E-state index in [0.717, 1.165) is 17.9 Å². The fourth-order valence-electron chi connectivity index (χ4n) is 1.30. The summed E-state index contributed by atoms with van der Waals surface area (Å²) in [5.41, 5.74) is 6.61. The van der Waals surface area contributed by atoms with Crippen LogP contribution in [0.5, 0.6) is 5.75 Å². The third kappa shape index (κ3) is 6.26. The first-order chi connectivity index (χ1) is 8.36. The highest BCUT2D eigenvalue weighted by molar-refractivity contribution is 5.26. The molecule has 1 aromatic carbocycles. The Morgan fingerprint density at radius 2 is 1.59 bits per heavy atom. The van der Waals surface area contributed by atoms with Gasteiger partial charge in [0.15, 0.2) is 0 Å². The fraction of sp³-hybridized carbons (Fsp3) is 0.538. The van der Waals surface area contributed by atoms with Crippen LogP contribution in [-0.4, -0.2) is 33.0 Å². The zero-order chi connectivity index (χ0) is 12.3. The van der Waals surface area contributed by atoms with Crippen LogP contribution in [0.15, 0.2) is 24.3 Å². The van der Waals surface area contributed by atoms with Crippen molar-refractivity contribution >= 4 is 0 Å². The summed E-state index contributed by atoms with van der Waals surface area (Å²) in [6.07, 6.45) is 0. The first-order valence-corrected chi connectivity index (χ1v) is 5.94. The van der Waals surface area contributed by atoms with Gasteiger partial charge in [0.2, 0.25) is 0 Å². The molecule has 0 aliphatic heterocycles. The van der Waals surface area contributed by atoms with Crippen LogP contribution in [0.1, 0.15) is 12.5 Å². The van der Waals surface area contributed by atoms with Crippen molar-refractivity contribution in [3.63, 3.8) is 0 Å². The zero-order valence-corrected chi connectivity index (χ0v) is 10.4. The summed E-state index contributed by atoms with van der Waals surface area (Å²) in [6, 6.07) is 7.77. The molecule has 0 heterocycles. The molecule has 0 aliphatic carbocycles. The molecule has 0 fully saturated rings. The van der Waals surface area contributed by atoms with Crippen molar-refractivity contribution in [1.82, 2.24) is 0 Å². The molecule has 0 amide bonds. The molecule has 96 valence electrons. The lowest BCUT2D eigenvalue weighted by Gasteiger charge is -2.07. The zero-order valence-electron chi connectivity index (χ0n) is 10.4. The number of hydrogen-bond acceptors (Lipinski definition) is 4. The minimum Gasteiger partial charge on any atom is -0.491 e. The van der Waals surface area contributed by atoms with Gasteiger partial charge in [-0.3, -0.25) is 0 Å². The molecule has 0 atom stereocenters. The van der Waals surface area contributed by atoms with Crippen LogP contribution in [-0.2, 0) is 16.0 Å². The molecule has 0 spiro atoms. The number of benzene rings is 1. The van der Waals surface area contributed by atoms with E-state index in [1.165, 1.54) is 0 Å². The molecule has 0 bridgehead atoms. The van der Waals surface area contributed by atoms with Crippen molar-refractivity contribution in [3.8, 4) is 5.75 Å². The Morgan fingerprint density at radius 3 is 2.24 bits per heavy atom. The molecule has 4 nitrogen and oxygen atoms in total. The summed E-state index contributed by atoms with van der Waals surface area (Å²) in [4.78, 5) is 0. The summed E-state index contributed by atoms with van der Waals surface area (Å²) in [5.74, 6) is 0.843. The van der Waals surface area contributed by atoms with Crippen LogP contribution in [0, 0.1) is 0 Å². The summed E-state index contributed by atoms with van der Waals surface area (Å²) in [6.45, 7) is 5.63. The molecule has 1 rings (SSSR count). The molecule has 2 N–H and O–H groups in total. The second kappa shape index (κ2) is 8.98. The first kappa shape index (κ1) is 14.0. The van der Waals surface area contributed by atoms with Gasteiger partial charge >= 0.3 is 0 Å². The van der Waals surface area contributed by atoms with Crippen LogP contribution in [0.25, 0.3) is 0 Å². The average molecular weight is 239 g/mol. The maximum Gasteiger partial charge on any atom is 0.119 e. The van der Waals surface area contributed by atoms with E-state index < -0.39 is 0 Å². The summed E-state index contributed by atoms with van der Waals surface area (Å²) < 4.78 is 16.0. The van der Waals surface area contributed by atoms with Crippen molar-refractivity contribution < 1.29 is 14.2 Å². The smallest absolute Gasteiger partial charge is 0.119 e. The number of rotatable bonds is 9. The second-order valence-electron chi connectivity index (χ2n) is 3.51. The van der Waals surface area contributed by atoms with Crippen LogP contribution in [0.3, 0.4) is 0 Å². The van der Waals surface area contributed by atoms with E-state index in [0.29, 0.717) is 33.0 Å². The van der Waals surface area contributed by atoms with Gasteiger partial charge in [0, 0.05) is 13.2 Å². The Balaban J connectivity index is 2.05. The van der Waals surface area contributed by atoms with E-state index in [4.69, 9.17) is 19.9 Å². The van der Waals surface area contributed by atoms with E-state index in [1.54, 1.807) is 0 Å². The second-order valence-corrected chi connectivity index (χ2v) is 3.51. The highest BCUT2D eigenvalue weighted by Gasteiger charge is 1.94. The Hall–Kier alpha value is -1.10. The lowest BCUT2D eigenvalue weighted by Crippen LogP contribution is -2.10. The molecule has 1 aromatic rings. The highest BCUT2D eigenvalue weighted by atomic mass is 16.5. The van der Waals surface area contributed by atoms with E-state index in [9.17, 15) is 0 Å². The molecule has 17 heavy (non-hydrogen) atoms. The Morgan fingerprint density at radius 1 is 0.941 bits per heavy atom. The van der Waals surface area contributed by atoms with Gasteiger partial charge in [0.1, 0.15) is 12.4 Å². The molecule has 0 saturated heterocycles. The average Bonchev–Trinajstić information content (AvgIpc) is 2.38. The van der Waals surface area contributed by atoms with Crippen LogP contribution in [0.4, 0.5) is 0 Å². The van der Waals surface area contributed by atoms with Gasteiger partial charge in [-0.2, -0.15) is 0 Å². The van der Waals surface area contributed by atoms with Crippen LogP contribution in [0.2, 0.25) is 0 Å². The largest absolute Gasteiger partial charge is 0.491 e. The normalized spacial score (nSPS) is 10.5. The summed E-state index contributed by atoms with van der Waals surface area (Å²) in [5, 5.41) is 0.